The van der Waals surface area contributed by atoms with Crippen LogP contribution in [0.25, 0.3) is 5.69 Å². The lowest BCUT2D eigenvalue weighted by Gasteiger charge is -2.35. The van der Waals surface area contributed by atoms with E-state index in [2.05, 4.69) is 5.10 Å². The van der Waals surface area contributed by atoms with E-state index in [9.17, 15) is 13.2 Å². The maximum Gasteiger partial charge on any atom is 0.316 e. The van der Waals surface area contributed by atoms with Crippen LogP contribution >= 0.6 is 22.9 Å². The molecular weight excluding hydrogens is 508 g/mol. The molecule has 2 aliphatic rings. The first-order chi connectivity index (χ1) is 16.8. The Bertz CT molecular complexity index is 1370. The van der Waals surface area contributed by atoms with Crippen molar-refractivity contribution in [3.8, 4) is 11.4 Å². The number of anilines is 1. The molecule has 1 aliphatic carbocycles. The average molecular weight is 535 g/mol. The lowest BCUT2D eigenvalue weighted by molar-refractivity contribution is 0.205. The van der Waals surface area contributed by atoms with E-state index >= 15 is 0 Å². The Morgan fingerprint density at radius 1 is 1.09 bits per heavy atom. The molecule has 0 N–H and O–H groups in total. The molecule has 1 saturated heterocycles. The fourth-order valence-corrected chi connectivity index (χ4v) is 7.62. The summed E-state index contributed by atoms with van der Waals surface area (Å²) in [6, 6.07) is 10.5. The highest BCUT2D eigenvalue weighted by Crippen LogP contribution is 2.31. The second-order valence-electron chi connectivity index (χ2n) is 8.84. The number of hydrogen-bond acceptors (Lipinski definition) is 7. The number of aromatic nitrogens is 2. The van der Waals surface area contributed by atoms with Crippen LogP contribution in [0, 0.1) is 6.92 Å². The molecule has 1 saturated carbocycles. The molecule has 0 atom stereocenters. The van der Waals surface area contributed by atoms with Gasteiger partial charge in [-0.15, -0.1) is 11.3 Å². The van der Waals surface area contributed by atoms with Gasteiger partial charge in [-0.1, -0.05) is 17.7 Å². The molecule has 3 aromatic rings. The van der Waals surface area contributed by atoms with E-state index in [-0.39, 0.29) is 17.4 Å². The number of sulfonamides is 1. The molecule has 3 heterocycles. The van der Waals surface area contributed by atoms with Crippen molar-refractivity contribution in [3.63, 3.8) is 0 Å². The summed E-state index contributed by atoms with van der Waals surface area (Å²) in [5.74, 6) is 0.261. The topological polar surface area (TPSA) is 84.7 Å². The Morgan fingerprint density at radius 3 is 2.49 bits per heavy atom. The summed E-state index contributed by atoms with van der Waals surface area (Å²) in [7, 11) is -3.53. The molecule has 5 rings (SSSR count). The van der Waals surface area contributed by atoms with Crippen LogP contribution in [-0.2, 0) is 10.0 Å². The molecule has 2 fully saturated rings. The van der Waals surface area contributed by atoms with Crippen molar-refractivity contribution in [3.05, 3.63) is 62.8 Å². The number of ether oxygens (including phenoxy) is 1. The highest BCUT2D eigenvalue weighted by Gasteiger charge is 2.32. The zero-order chi connectivity index (χ0) is 24.6. The van der Waals surface area contributed by atoms with Crippen molar-refractivity contribution in [2.45, 2.75) is 42.9 Å². The third-order valence-corrected chi connectivity index (χ3v) is 10.0. The molecule has 1 aliphatic heterocycles. The zero-order valence-corrected chi connectivity index (χ0v) is 21.8. The van der Waals surface area contributed by atoms with Gasteiger partial charge in [0.1, 0.15) is 9.90 Å². The number of thiophene rings is 1. The van der Waals surface area contributed by atoms with Crippen molar-refractivity contribution in [2.24, 2.45) is 0 Å². The molecule has 0 spiro atoms. The van der Waals surface area contributed by atoms with Crippen LogP contribution in [0.3, 0.4) is 0 Å². The predicted molar refractivity (Wildman–Crippen MR) is 138 cm³/mol. The van der Waals surface area contributed by atoms with Crippen LogP contribution in [-0.4, -0.2) is 54.8 Å². The van der Waals surface area contributed by atoms with Gasteiger partial charge in [0.25, 0.3) is 10.0 Å². The summed E-state index contributed by atoms with van der Waals surface area (Å²) in [5.41, 5.74) is 0.817. The van der Waals surface area contributed by atoms with Crippen LogP contribution in [0.5, 0.6) is 5.75 Å². The van der Waals surface area contributed by atoms with E-state index in [0.29, 0.717) is 46.8 Å². The Morgan fingerprint density at radius 2 is 1.83 bits per heavy atom. The fourth-order valence-electron chi connectivity index (χ4n) is 4.58. The monoisotopic (exact) mass is 534 g/mol. The lowest BCUT2D eigenvalue weighted by atomic mass is 10.2. The molecule has 8 nitrogen and oxygen atoms in total. The normalized spacial score (nSPS) is 17.7. The van der Waals surface area contributed by atoms with Crippen molar-refractivity contribution in [2.75, 3.05) is 31.1 Å². The molecule has 186 valence electrons. The molecular formula is C24H27ClN4O4S2. The van der Waals surface area contributed by atoms with Gasteiger partial charge in [-0.05, 0) is 62.9 Å². The van der Waals surface area contributed by atoms with Crippen LogP contribution in [0.4, 0.5) is 5.69 Å². The van der Waals surface area contributed by atoms with Crippen LogP contribution in [0.15, 0.2) is 51.6 Å². The molecule has 35 heavy (non-hydrogen) atoms. The number of hydrogen-bond donors (Lipinski definition) is 0. The number of benzene rings is 1. The average Bonchev–Trinajstić information content (AvgIpc) is 3.52. The van der Waals surface area contributed by atoms with E-state index in [1.54, 1.807) is 36.5 Å². The largest absolute Gasteiger partial charge is 0.483 e. The second kappa shape index (κ2) is 9.93. The van der Waals surface area contributed by atoms with Crippen molar-refractivity contribution >= 4 is 38.6 Å². The lowest BCUT2D eigenvalue weighted by Crippen LogP contribution is -2.49. The van der Waals surface area contributed by atoms with Gasteiger partial charge in [0.05, 0.1) is 18.0 Å². The van der Waals surface area contributed by atoms with Crippen LogP contribution in [0.1, 0.15) is 30.6 Å². The minimum absolute atomic E-state index is 0.0135. The van der Waals surface area contributed by atoms with E-state index in [1.807, 2.05) is 17.9 Å². The number of piperazine rings is 1. The highest BCUT2D eigenvalue weighted by molar-refractivity contribution is 7.91. The summed E-state index contributed by atoms with van der Waals surface area (Å²) in [6.07, 6.45) is 5.59. The number of nitrogens with zero attached hydrogens (tertiary/aromatic N) is 4. The van der Waals surface area contributed by atoms with E-state index < -0.39 is 10.0 Å². The smallest absolute Gasteiger partial charge is 0.316 e. The first-order valence-electron chi connectivity index (χ1n) is 11.7. The number of halogens is 1. The van der Waals surface area contributed by atoms with E-state index in [4.69, 9.17) is 16.3 Å². The third kappa shape index (κ3) is 4.97. The van der Waals surface area contributed by atoms with Gasteiger partial charge in [0, 0.05) is 36.1 Å². The van der Waals surface area contributed by atoms with Gasteiger partial charge in [-0.2, -0.15) is 14.1 Å². The maximum absolute atomic E-state index is 13.5. The fraction of sp³-hybridized carbons (Fsp3) is 0.417. The van der Waals surface area contributed by atoms with Crippen molar-refractivity contribution < 1.29 is 13.2 Å². The summed E-state index contributed by atoms with van der Waals surface area (Å²) < 4.78 is 35.5. The Kier molecular flexibility index (Phi) is 6.89. The summed E-state index contributed by atoms with van der Waals surface area (Å²) in [4.78, 5) is 16.5. The van der Waals surface area contributed by atoms with E-state index in [0.717, 1.165) is 30.6 Å². The summed E-state index contributed by atoms with van der Waals surface area (Å²) in [5, 5.41) is 4.92. The molecule has 1 aromatic carbocycles. The van der Waals surface area contributed by atoms with E-state index in [1.165, 1.54) is 20.3 Å². The second-order valence-corrected chi connectivity index (χ2v) is 12.7. The third-order valence-electron chi connectivity index (χ3n) is 6.44. The SMILES string of the molecule is Cc1ccc(S(=O)(=O)N2CCN(c3cnn(-c4cccc(Cl)c4)c(=O)c3OC3CCCC3)CC2)s1. The molecule has 0 amide bonds. The van der Waals surface area contributed by atoms with Crippen molar-refractivity contribution in [1.29, 1.82) is 0 Å². The van der Waals surface area contributed by atoms with Crippen LogP contribution in [0.2, 0.25) is 5.02 Å². The highest BCUT2D eigenvalue weighted by atomic mass is 35.5. The Hall–Kier alpha value is -2.40. The summed E-state index contributed by atoms with van der Waals surface area (Å²) >= 11 is 7.42. The van der Waals surface area contributed by atoms with Gasteiger partial charge < -0.3 is 9.64 Å². The summed E-state index contributed by atoms with van der Waals surface area (Å²) in [6.45, 7) is 3.41. The predicted octanol–water partition coefficient (Wildman–Crippen LogP) is 4.09. The molecule has 0 unspecified atom stereocenters. The molecule has 2 aromatic heterocycles. The van der Waals surface area contributed by atoms with Gasteiger partial charge in [-0.25, -0.2) is 8.42 Å². The first kappa shape index (κ1) is 24.3. The zero-order valence-electron chi connectivity index (χ0n) is 19.4. The minimum atomic E-state index is -3.53. The van der Waals surface area contributed by atoms with Gasteiger partial charge in [0.15, 0.2) is 0 Å². The number of rotatable bonds is 6. The molecule has 0 radical (unpaired) electrons. The first-order valence-corrected chi connectivity index (χ1v) is 14.3. The van der Waals surface area contributed by atoms with Gasteiger partial charge >= 0.3 is 5.56 Å². The Labute approximate surface area is 213 Å². The maximum atomic E-state index is 13.5. The molecule has 11 heteroatoms. The number of aryl methyl sites for hydroxylation is 1. The Balaban J connectivity index is 1.43. The minimum Gasteiger partial charge on any atom is -0.483 e. The van der Waals surface area contributed by atoms with Crippen LogP contribution < -0.4 is 15.2 Å². The van der Waals surface area contributed by atoms with Crippen molar-refractivity contribution in [1.82, 2.24) is 14.1 Å². The van der Waals surface area contributed by atoms with Gasteiger partial charge in [-0.3, -0.25) is 4.79 Å². The standard InChI is InChI=1S/C24H27ClN4O4S2/c1-17-9-10-22(34-17)35(31,32)28-13-11-27(12-14-28)21-16-26-29(19-6-4-5-18(25)15-19)24(30)23(21)33-20-7-2-3-8-20/h4-6,9-10,15-16,20H,2-3,7-8,11-14H2,1H3. The molecule has 0 bridgehead atoms. The van der Waals surface area contributed by atoms with Gasteiger partial charge in [0.2, 0.25) is 5.75 Å². The quantitative estimate of drug-likeness (QED) is 0.473.